The Labute approximate surface area is 91.1 Å². The van der Waals surface area contributed by atoms with Crippen molar-refractivity contribution in [3.63, 3.8) is 0 Å². The lowest BCUT2D eigenvalue weighted by Gasteiger charge is -2.09. The molecule has 0 spiro atoms. The average Bonchev–Trinajstić information content (AvgIpc) is 2.14. The van der Waals surface area contributed by atoms with Crippen LogP contribution in [0.5, 0.6) is 0 Å². The van der Waals surface area contributed by atoms with Gasteiger partial charge in [-0.15, -0.1) is 0 Å². The highest BCUT2D eigenvalue weighted by molar-refractivity contribution is 7.99. The van der Waals surface area contributed by atoms with Gasteiger partial charge in [0.2, 0.25) is 10.0 Å². The lowest BCUT2D eigenvalue weighted by atomic mass is 10.3. The lowest BCUT2D eigenvalue weighted by molar-refractivity contribution is 0.576. The van der Waals surface area contributed by atoms with E-state index >= 15 is 0 Å². The quantitative estimate of drug-likeness (QED) is 0.644. The third kappa shape index (κ3) is 7.61. The third-order valence-corrected chi connectivity index (χ3v) is 4.40. The summed E-state index contributed by atoms with van der Waals surface area (Å²) in [6, 6.07) is 0. The van der Waals surface area contributed by atoms with E-state index in [1.807, 2.05) is 6.26 Å². The Morgan fingerprint density at radius 2 is 2.14 bits per heavy atom. The van der Waals surface area contributed by atoms with Crippen molar-refractivity contribution in [2.75, 3.05) is 25.1 Å². The molecule has 0 saturated heterocycles. The molecule has 0 aromatic heterocycles. The largest absolute Gasteiger partial charge is 0.330 e. The zero-order chi connectivity index (χ0) is 11.0. The molecule has 3 N–H and O–H groups in total. The zero-order valence-electron chi connectivity index (χ0n) is 8.82. The minimum atomic E-state index is -3.09. The smallest absolute Gasteiger partial charge is 0.211 e. The molecular weight excluding hydrogens is 220 g/mol. The van der Waals surface area contributed by atoms with Crippen LogP contribution in [-0.2, 0) is 10.0 Å². The molecule has 0 fully saturated rings. The average molecular weight is 240 g/mol. The van der Waals surface area contributed by atoms with Crippen LogP contribution in [0.4, 0.5) is 0 Å². The van der Waals surface area contributed by atoms with Crippen LogP contribution in [0.15, 0.2) is 0 Å². The predicted molar refractivity (Wildman–Crippen MR) is 63.1 cm³/mol. The van der Waals surface area contributed by atoms with Crippen LogP contribution in [0.25, 0.3) is 0 Å². The molecule has 0 bridgehead atoms. The Hall–Kier alpha value is 0.220. The minimum Gasteiger partial charge on any atom is -0.330 e. The molecule has 0 aliphatic carbocycles. The van der Waals surface area contributed by atoms with Gasteiger partial charge in [0.1, 0.15) is 0 Å². The molecule has 0 saturated carbocycles. The number of sulfonamides is 1. The molecule has 0 aliphatic heterocycles. The van der Waals surface area contributed by atoms with E-state index in [0.717, 1.165) is 6.42 Å². The molecule has 86 valence electrons. The zero-order valence-corrected chi connectivity index (χ0v) is 10.5. The van der Waals surface area contributed by atoms with Gasteiger partial charge in [-0.25, -0.2) is 13.1 Å². The Morgan fingerprint density at radius 3 is 2.64 bits per heavy atom. The summed E-state index contributed by atoms with van der Waals surface area (Å²) < 4.78 is 25.1. The fourth-order valence-corrected chi connectivity index (χ4v) is 2.35. The van der Waals surface area contributed by atoms with E-state index in [2.05, 4.69) is 11.6 Å². The number of hydrogen-bond acceptors (Lipinski definition) is 4. The molecule has 6 heteroatoms. The van der Waals surface area contributed by atoms with Crippen LogP contribution < -0.4 is 10.5 Å². The molecule has 4 nitrogen and oxygen atoms in total. The third-order valence-electron chi connectivity index (χ3n) is 1.89. The standard InChI is InChI=1S/C8H20N2O2S2/c1-8(13-2)4-6-10-14(11,12)7-3-5-9/h8,10H,3-7,9H2,1-2H3. The number of rotatable bonds is 8. The first kappa shape index (κ1) is 14.2. The molecule has 14 heavy (non-hydrogen) atoms. The summed E-state index contributed by atoms with van der Waals surface area (Å²) in [6.07, 6.45) is 3.41. The SMILES string of the molecule is CSC(C)CCNS(=O)(=O)CCCN. The number of nitrogens with one attached hydrogen (secondary N) is 1. The normalized spacial score (nSPS) is 14.2. The summed E-state index contributed by atoms with van der Waals surface area (Å²) in [4.78, 5) is 0. The molecule has 0 aromatic rings. The molecule has 0 amide bonds. The first-order valence-corrected chi connectivity index (χ1v) is 7.66. The highest BCUT2D eigenvalue weighted by atomic mass is 32.2. The predicted octanol–water partition coefficient (Wildman–Crippen LogP) is 0.396. The van der Waals surface area contributed by atoms with Crippen molar-refractivity contribution >= 4 is 21.8 Å². The van der Waals surface area contributed by atoms with Gasteiger partial charge in [0.05, 0.1) is 5.75 Å². The fraction of sp³-hybridized carbons (Fsp3) is 1.00. The van der Waals surface area contributed by atoms with Crippen LogP contribution in [-0.4, -0.2) is 38.8 Å². The van der Waals surface area contributed by atoms with E-state index in [9.17, 15) is 8.42 Å². The van der Waals surface area contributed by atoms with E-state index in [1.165, 1.54) is 0 Å². The van der Waals surface area contributed by atoms with Crippen LogP contribution in [0, 0.1) is 0 Å². The summed E-state index contributed by atoms with van der Waals surface area (Å²) >= 11 is 1.74. The second kappa shape index (κ2) is 7.50. The Balaban J connectivity index is 3.66. The first-order chi connectivity index (χ1) is 6.52. The van der Waals surface area contributed by atoms with Crippen LogP contribution >= 0.6 is 11.8 Å². The van der Waals surface area contributed by atoms with Gasteiger partial charge in [-0.05, 0) is 25.6 Å². The number of thioether (sulfide) groups is 1. The summed E-state index contributed by atoms with van der Waals surface area (Å²) in [6.45, 7) is 3.02. The van der Waals surface area contributed by atoms with Crippen molar-refractivity contribution in [3.05, 3.63) is 0 Å². The van der Waals surface area contributed by atoms with Crippen molar-refractivity contribution in [2.45, 2.75) is 25.0 Å². The van der Waals surface area contributed by atoms with Gasteiger partial charge in [-0.2, -0.15) is 11.8 Å². The summed E-state index contributed by atoms with van der Waals surface area (Å²) in [5.74, 6) is 0.136. The Kier molecular flexibility index (Phi) is 7.62. The van der Waals surface area contributed by atoms with Crippen molar-refractivity contribution in [1.82, 2.24) is 4.72 Å². The first-order valence-electron chi connectivity index (χ1n) is 4.72. The fourth-order valence-electron chi connectivity index (χ4n) is 0.881. The number of hydrogen-bond donors (Lipinski definition) is 2. The number of nitrogens with two attached hydrogens (primary N) is 1. The van der Waals surface area contributed by atoms with E-state index in [4.69, 9.17) is 5.73 Å². The topological polar surface area (TPSA) is 72.2 Å². The highest BCUT2D eigenvalue weighted by Crippen LogP contribution is 2.08. The molecule has 0 aromatic carbocycles. The molecule has 1 atom stereocenters. The van der Waals surface area contributed by atoms with Crippen LogP contribution in [0.2, 0.25) is 0 Å². The lowest BCUT2D eigenvalue weighted by Crippen LogP contribution is -2.29. The van der Waals surface area contributed by atoms with Crippen molar-refractivity contribution in [2.24, 2.45) is 5.73 Å². The van der Waals surface area contributed by atoms with Gasteiger partial charge in [0.25, 0.3) is 0 Å². The van der Waals surface area contributed by atoms with Gasteiger partial charge in [-0.3, -0.25) is 0 Å². The summed E-state index contributed by atoms with van der Waals surface area (Å²) in [7, 11) is -3.09. The maximum atomic E-state index is 11.3. The maximum absolute atomic E-state index is 11.3. The van der Waals surface area contributed by atoms with Crippen LogP contribution in [0.3, 0.4) is 0 Å². The molecule has 0 radical (unpaired) electrons. The molecule has 0 aliphatic rings. The molecule has 1 unspecified atom stereocenters. The summed E-state index contributed by atoms with van der Waals surface area (Å²) in [5, 5.41) is 0.493. The highest BCUT2D eigenvalue weighted by Gasteiger charge is 2.09. The van der Waals surface area contributed by atoms with Gasteiger partial charge >= 0.3 is 0 Å². The molecule has 0 heterocycles. The van der Waals surface area contributed by atoms with Crippen molar-refractivity contribution in [3.8, 4) is 0 Å². The van der Waals surface area contributed by atoms with Gasteiger partial charge in [-0.1, -0.05) is 6.92 Å². The van der Waals surface area contributed by atoms with Crippen molar-refractivity contribution in [1.29, 1.82) is 0 Å². The van der Waals surface area contributed by atoms with Gasteiger partial charge < -0.3 is 5.73 Å². The Morgan fingerprint density at radius 1 is 1.50 bits per heavy atom. The maximum Gasteiger partial charge on any atom is 0.211 e. The second-order valence-electron chi connectivity index (χ2n) is 3.19. The van der Waals surface area contributed by atoms with Crippen molar-refractivity contribution < 1.29 is 8.42 Å². The van der Waals surface area contributed by atoms with E-state index in [1.54, 1.807) is 11.8 Å². The van der Waals surface area contributed by atoms with Gasteiger partial charge in [0, 0.05) is 11.8 Å². The second-order valence-corrected chi connectivity index (χ2v) is 6.39. The molecule has 0 rings (SSSR count). The monoisotopic (exact) mass is 240 g/mol. The van der Waals surface area contributed by atoms with E-state index in [0.29, 0.717) is 24.8 Å². The van der Waals surface area contributed by atoms with E-state index in [-0.39, 0.29) is 5.75 Å². The molecular formula is C8H20N2O2S2. The van der Waals surface area contributed by atoms with Crippen LogP contribution in [0.1, 0.15) is 19.8 Å². The summed E-state index contributed by atoms with van der Waals surface area (Å²) in [5.41, 5.74) is 5.24. The van der Waals surface area contributed by atoms with Gasteiger partial charge in [0.15, 0.2) is 0 Å². The van der Waals surface area contributed by atoms with E-state index < -0.39 is 10.0 Å². The minimum absolute atomic E-state index is 0.136. The Bertz CT molecular complexity index is 229.